The van der Waals surface area contributed by atoms with Gasteiger partial charge in [0, 0.05) is 17.6 Å². The van der Waals surface area contributed by atoms with E-state index in [0.717, 1.165) is 44.6 Å². The average Bonchev–Trinajstić information content (AvgIpc) is 2.75. The Morgan fingerprint density at radius 1 is 1.12 bits per heavy atom. The van der Waals surface area contributed by atoms with E-state index < -0.39 is 28.5 Å². The first-order chi connectivity index (χ1) is 15.9. The van der Waals surface area contributed by atoms with Gasteiger partial charge < -0.3 is 10.2 Å². The van der Waals surface area contributed by atoms with Crippen molar-refractivity contribution >= 4 is 43.5 Å². The van der Waals surface area contributed by atoms with E-state index in [1.54, 1.807) is 13.0 Å². The minimum atomic E-state index is -3.75. The highest BCUT2D eigenvalue weighted by molar-refractivity contribution is 9.10. The van der Waals surface area contributed by atoms with Crippen LogP contribution in [-0.2, 0) is 26.2 Å². The maximum absolute atomic E-state index is 13.5. The number of carbonyl (C=O) groups excluding carboxylic acids is 2. The molecule has 0 aliphatic heterocycles. The largest absolute Gasteiger partial charge is 0.354 e. The number of halogens is 1. The fourth-order valence-corrected chi connectivity index (χ4v) is 4.98. The van der Waals surface area contributed by atoms with Crippen LogP contribution in [0.5, 0.6) is 0 Å². The number of rotatable bonds is 11. The Morgan fingerprint density at radius 2 is 1.82 bits per heavy atom. The van der Waals surface area contributed by atoms with Crippen LogP contribution in [0, 0.1) is 13.8 Å². The van der Waals surface area contributed by atoms with E-state index in [9.17, 15) is 18.0 Å². The normalized spacial score (nSPS) is 12.2. The second-order valence-corrected chi connectivity index (χ2v) is 11.4. The van der Waals surface area contributed by atoms with Gasteiger partial charge in [-0.2, -0.15) is 0 Å². The van der Waals surface area contributed by atoms with E-state index >= 15 is 0 Å². The van der Waals surface area contributed by atoms with Crippen LogP contribution in [0.4, 0.5) is 5.69 Å². The standard InChI is InChI=1S/C25H34BrN3O4S/c1-6-7-13-27-25(31)20(4)28(16-21-9-8-10-22(26)15-21)24(30)17-29(34(5,32)33)23-12-11-18(2)14-19(23)3/h8-12,14-15,20H,6-7,13,16-17H2,1-5H3,(H,27,31). The molecule has 0 heterocycles. The number of hydrogen-bond donors (Lipinski definition) is 1. The second kappa shape index (κ2) is 12.4. The third-order valence-corrected chi connectivity index (χ3v) is 7.16. The van der Waals surface area contributed by atoms with Gasteiger partial charge in [-0.25, -0.2) is 8.42 Å². The molecular formula is C25H34BrN3O4S. The Labute approximate surface area is 211 Å². The van der Waals surface area contributed by atoms with Crippen molar-refractivity contribution in [1.82, 2.24) is 10.2 Å². The summed E-state index contributed by atoms with van der Waals surface area (Å²) in [4.78, 5) is 27.8. The summed E-state index contributed by atoms with van der Waals surface area (Å²) in [7, 11) is -3.75. The SMILES string of the molecule is CCCCNC(=O)C(C)N(Cc1cccc(Br)c1)C(=O)CN(c1ccc(C)cc1C)S(C)(=O)=O. The molecule has 0 saturated heterocycles. The van der Waals surface area contributed by atoms with E-state index in [-0.39, 0.29) is 12.5 Å². The number of anilines is 1. The fourth-order valence-electron chi connectivity index (χ4n) is 3.63. The molecule has 0 saturated carbocycles. The van der Waals surface area contributed by atoms with E-state index in [1.807, 2.05) is 57.2 Å². The van der Waals surface area contributed by atoms with Gasteiger partial charge in [0.2, 0.25) is 21.8 Å². The Morgan fingerprint density at radius 3 is 2.41 bits per heavy atom. The highest BCUT2D eigenvalue weighted by atomic mass is 79.9. The van der Waals surface area contributed by atoms with Crippen LogP contribution in [0.2, 0.25) is 0 Å². The first kappa shape index (κ1) is 27.9. The van der Waals surface area contributed by atoms with Gasteiger partial charge in [0.05, 0.1) is 11.9 Å². The molecular weight excluding hydrogens is 518 g/mol. The molecule has 0 fully saturated rings. The lowest BCUT2D eigenvalue weighted by Crippen LogP contribution is -2.51. The van der Waals surface area contributed by atoms with Gasteiger partial charge in [-0.15, -0.1) is 0 Å². The lowest BCUT2D eigenvalue weighted by molar-refractivity contribution is -0.139. The Bertz CT molecular complexity index is 1120. The van der Waals surface area contributed by atoms with Crippen LogP contribution in [-0.4, -0.2) is 50.5 Å². The minimum Gasteiger partial charge on any atom is -0.354 e. The van der Waals surface area contributed by atoms with Crippen LogP contribution in [0.1, 0.15) is 43.4 Å². The molecule has 186 valence electrons. The zero-order valence-corrected chi connectivity index (χ0v) is 22.9. The molecule has 1 unspecified atom stereocenters. The molecule has 1 N–H and O–H groups in total. The first-order valence-electron chi connectivity index (χ1n) is 11.3. The van der Waals surface area contributed by atoms with Gasteiger partial charge >= 0.3 is 0 Å². The van der Waals surface area contributed by atoms with E-state index in [4.69, 9.17) is 0 Å². The zero-order chi connectivity index (χ0) is 25.5. The molecule has 0 aliphatic rings. The summed E-state index contributed by atoms with van der Waals surface area (Å²) in [6, 6.07) is 12.1. The van der Waals surface area contributed by atoms with E-state index in [0.29, 0.717) is 12.2 Å². The number of aryl methyl sites for hydroxylation is 2. The summed E-state index contributed by atoms with van der Waals surface area (Å²) in [5.74, 6) is -0.724. The summed E-state index contributed by atoms with van der Waals surface area (Å²) >= 11 is 3.44. The molecule has 0 aliphatic carbocycles. The number of carbonyl (C=O) groups is 2. The van der Waals surface area contributed by atoms with Crippen LogP contribution in [0.3, 0.4) is 0 Å². The lowest BCUT2D eigenvalue weighted by atomic mass is 10.1. The molecule has 34 heavy (non-hydrogen) atoms. The van der Waals surface area contributed by atoms with E-state index in [1.165, 1.54) is 4.90 Å². The topological polar surface area (TPSA) is 86.8 Å². The smallest absolute Gasteiger partial charge is 0.244 e. The third kappa shape index (κ3) is 7.84. The van der Waals surface area contributed by atoms with Crippen molar-refractivity contribution in [1.29, 1.82) is 0 Å². The molecule has 0 radical (unpaired) electrons. The molecule has 9 heteroatoms. The number of amides is 2. The highest BCUT2D eigenvalue weighted by Gasteiger charge is 2.30. The van der Waals surface area contributed by atoms with Gasteiger partial charge in [0.25, 0.3) is 0 Å². The van der Waals surface area contributed by atoms with Gasteiger partial charge in [-0.05, 0) is 56.5 Å². The molecule has 0 bridgehead atoms. The Balaban J connectivity index is 2.38. The van der Waals surface area contributed by atoms with E-state index in [2.05, 4.69) is 21.2 Å². The lowest BCUT2D eigenvalue weighted by Gasteiger charge is -2.32. The molecule has 0 aromatic heterocycles. The van der Waals surface area contributed by atoms with Crippen molar-refractivity contribution in [3.63, 3.8) is 0 Å². The van der Waals surface area contributed by atoms with Crippen LogP contribution in [0.15, 0.2) is 46.9 Å². The number of nitrogens with one attached hydrogen (secondary N) is 1. The quantitative estimate of drug-likeness (QED) is 0.424. The van der Waals surface area contributed by atoms with Crippen molar-refractivity contribution in [2.24, 2.45) is 0 Å². The van der Waals surface area contributed by atoms with Crippen molar-refractivity contribution < 1.29 is 18.0 Å². The number of unbranched alkanes of at least 4 members (excludes halogenated alkanes) is 1. The Hall–Kier alpha value is -2.39. The summed E-state index contributed by atoms with van der Waals surface area (Å²) in [6.45, 7) is 7.73. The van der Waals surface area contributed by atoms with Crippen molar-refractivity contribution in [2.45, 2.75) is 53.1 Å². The minimum absolute atomic E-state index is 0.172. The summed E-state index contributed by atoms with van der Waals surface area (Å²) < 4.78 is 27.3. The molecule has 7 nitrogen and oxygen atoms in total. The highest BCUT2D eigenvalue weighted by Crippen LogP contribution is 2.24. The summed E-state index contributed by atoms with van der Waals surface area (Å²) in [5.41, 5.74) is 3.02. The molecule has 0 spiro atoms. The van der Waals surface area contributed by atoms with Gasteiger partial charge in [0.15, 0.2) is 0 Å². The zero-order valence-electron chi connectivity index (χ0n) is 20.5. The summed E-state index contributed by atoms with van der Waals surface area (Å²) in [6.07, 6.45) is 2.86. The number of hydrogen-bond acceptors (Lipinski definition) is 4. The van der Waals surface area contributed by atoms with Crippen molar-refractivity contribution in [3.05, 3.63) is 63.6 Å². The summed E-state index contributed by atoms with van der Waals surface area (Å²) in [5, 5.41) is 2.87. The molecule has 2 aromatic carbocycles. The van der Waals surface area contributed by atoms with Crippen LogP contribution in [0.25, 0.3) is 0 Å². The second-order valence-electron chi connectivity index (χ2n) is 8.53. The third-order valence-electron chi connectivity index (χ3n) is 5.54. The Kier molecular flexibility index (Phi) is 10.1. The average molecular weight is 553 g/mol. The number of benzene rings is 2. The fraction of sp³-hybridized carbons (Fsp3) is 0.440. The van der Waals surface area contributed by atoms with Gasteiger partial charge in [0.1, 0.15) is 12.6 Å². The molecule has 2 rings (SSSR count). The van der Waals surface area contributed by atoms with Gasteiger partial charge in [-0.3, -0.25) is 13.9 Å². The number of nitrogens with zero attached hydrogens (tertiary/aromatic N) is 2. The molecule has 1 atom stereocenters. The molecule has 2 amide bonds. The predicted molar refractivity (Wildman–Crippen MR) is 140 cm³/mol. The maximum atomic E-state index is 13.5. The van der Waals surface area contributed by atoms with Gasteiger partial charge in [-0.1, -0.05) is 59.1 Å². The van der Waals surface area contributed by atoms with Crippen molar-refractivity contribution in [3.8, 4) is 0 Å². The number of sulfonamides is 1. The maximum Gasteiger partial charge on any atom is 0.244 e. The van der Waals surface area contributed by atoms with Crippen LogP contribution < -0.4 is 9.62 Å². The predicted octanol–water partition coefficient (Wildman–Crippen LogP) is 4.17. The van der Waals surface area contributed by atoms with Crippen molar-refractivity contribution in [2.75, 3.05) is 23.7 Å². The first-order valence-corrected chi connectivity index (χ1v) is 13.9. The van der Waals surface area contributed by atoms with Crippen LogP contribution >= 0.6 is 15.9 Å². The monoisotopic (exact) mass is 551 g/mol. The molecule has 2 aromatic rings.